The Bertz CT molecular complexity index is 813. The van der Waals surface area contributed by atoms with Crippen molar-refractivity contribution in [3.63, 3.8) is 0 Å². The van der Waals surface area contributed by atoms with E-state index in [2.05, 4.69) is 49.2 Å². The summed E-state index contributed by atoms with van der Waals surface area (Å²) in [5.41, 5.74) is 2.71. The number of quaternary nitrogens is 1. The van der Waals surface area contributed by atoms with Crippen molar-refractivity contribution in [2.45, 2.75) is 27.3 Å². The van der Waals surface area contributed by atoms with Crippen molar-refractivity contribution in [2.24, 2.45) is 5.92 Å². The minimum Gasteiger partial charge on any atom is -0.362 e. The standard InChI is InChI=1S/C20H30N4OS/c1-14(2)12-21-20(26)24(9-8-23(4)5)13-17-11-16-7-6-15(3)10-18(16)22-19(17)25/h6-7,10-11,14H,8-9,12-13H2,1-5H3,(H,21,26)(H,22,25)/p+1. The van der Waals surface area contributed by atoms with Crippen LogP contribution in [0.4, 0.5) is 0 Å². The smallest absolute Gasteiger partial charge is 0.253 e. The second kappa shape index (κ2) is 9.14. The summed E-state index contributed by atoms with van der Waals surface area (Å²) in [6, 6.07) is 8.09. The van der Waals surface area contributed by atoms with Crippen LogP contribution in [0.5, 0.6) is 0 Å². The van der Waals surface area contributed by atoms with E-state index in [0.29, 0.717) is 17.6 Å². The molecular formula is C20H31N4OS+. The van der Waals surface area contributed by atoms with Gasteiger partial charge in [-0.1, -0.05) is 26.0 Å². The van der Waals surface area contributed by atoms with Crippen LogP contribution in [0.2, 0.25) is 0 Å². The molecule has 0 aliphatic heterocycles. The molecule has 0 amide bonds. The molecule has 142 valence electrons. The number of aromatic nitrogens is 1. The molecule has 26 heavy (non-hydrogen) atoms. The summed E-state index contributed by atoms with van der Waals surface area (Å²) in [5, 5.41) is 5.08. The second-order valence-electron chi connectivity index (χ2n) is 7.67. The normalized spacial score (nSPS) is 11.3. The van der Waals surface area contributed by atoms with Crippen LogP contribution in [0.15, 0.2) is 29.1 Å². The first kappa shape index (κ1) is 20.4. The zero-order chi connectivity index (χ0) is 19.3. The van der Waals surface area contributed by atoms with Gasteiger partial charge in [-0.25, -0.2) is 0 Å². The molecule has 1 heterocycles. The molecule has 0 aliphatic rings. The number of benzene rings is 1. The van der Waals surface area contributed by atoms with E-state index in [4.69, 9.17) is 12.2 Å². The Morgan fingerprint density at radius 1 is 1.31 bits per heavy atom. The average Bonchev–Trinajstić information content (AvgIpc) is 2.56. The Labute approximate surface area is 161 Å². The van der Waals surface area contributed by atoms with Crippen LogP contribution in [0.3, 0.4) is 0 Å². The molecule has 3 N–H and O–H groups in total. The highest BCUT2D eigenvalue weighted by Crippen LogP contribution is 2.14. The van der Waals surface area contributed by atoms with Crippen molar-refractivity contribution in [2.75, 3.05) is 33.7 Å². The van der Waals surface area contributed by atoms with Crippen LogP contribution in [0.25, 0.3) is 10.9 Å². The van der Waals surface area contributed by atoms with Crippen LogP contribution in [0.1, 0.15) is 25.0 Å². The maximum absolute atomic E-state index is 12.6. The molecule has 2 rings (SSSR count). The van der Waals surface area contributed by atoms with Crippen molar-refractivity contribution in [1.82, 2.24) is 15.2 Å². The summed E-state index contributed by atoms with van der Waals surface area (Å²) in [6.07, 6.45) is 0. The van der Waals surface area contributed by atoms with Crippen LogP contribution in [-0.2, 0) is 6.54 Å². The van der Waals surface area contributed by atoms with E-state index in [-0.39, 0.29) is 5.56 Å². The summed E-state index contributed by atoms with van der Waals surface area (Å²) in [6.45, 7) is 9.43. The van der Waals surface area contributed by atoms with E-state index < -0.39 is 0 Å². The zero-order valence-corrected chi connectivity index (χ0v) is 17.3. The molecule has 0 aliphatic carbocycles. The van der Waals surface area contributed by atoms with Crippen molar-refractivity contribution >= 4 is 28.2 Å². The van der Waals surface area contributed by atoms with Crippen LogP contribution < -0.4 is 15.8 Å². The summed E-state index contributed by atoms with van der Waals surface area (Å²) in [7, 11) is 4.24. The number of hydrogen-bond donors (Lipinski definition) is 3. The Hall–Kier alpha value is -1.92. The first-order valence-corrected chi connectivity index (χ1v) is 9.61. The highest BCUT2D eigenvalue weighted by molar-refractivity contribution is 7.80. The Morgan fingerprint density at radius 2 is 2.04 bits per heavy atom. The molecule has 2 aromatic rings. The lowest BCUT2D eigenvalue weighted by Gasteiger charge is -2.26. The highest BCUT2D eigenvalue weighted by Gasteiger charge is 2.14. The minimum absolute atomic E-state index is 0.0445. The zero-order valence-electron chi connectivity index (χ0n) is 16.5. The molecule has 6 heteroatoms. The van der Waals surface area contributed by atoms with E-state index in [0.717, 1.165) is 41.7 Å². The molecule has 5 nitrogen and oxygen atoms in total. The van der Waals surface area contributed by atoms with Crippen molar-refractivity contribution in [1.29, 1.82) is 0 Å². The monoisotopic (exact) mass is 375 g/mol. The van der Waals surface area contributed by atoms with E-state index >= 15 is 0 Å². The molecule has 0 saturated carbocycles. The highest BCUT2D eigenvalue weighted by atomic mass is 32.1. The number of hydrogen-bond acceptors (Lipinski definition) is 2. The quantitative estimate of drug-likeness (QED) is 0.639. The number of nitrogens with zero attached hydrogens (tertiary/aromatic N) is 1. The van der Waals surface area contributed by atoms with Gasteiger partial charge in [0.05, 0.1) is 33.7 Å². The predicted molar refractivity (Wildman–Crippen MR) is 113 cm³/mol. The first-order valence-electron chi connectivity index (χ1n) is 9.20. The van der Waals surface area contributed by atoms with E-state index in [1.165, 1.54) is 4.90 Å². The summed E-state index contributed by atoms with van der Waals surface area (Å²) >= 11 is 5.59. The number of H-pyrrole nitrogens is 1. The third kappa shape index (κ3) is 5.81. The van der Waals surface area contributed by atoms with E-state index in [1.807, 2.05) is 25.1 Å². The van der Waals surface area contributed by atoms with Crippen LogP contribution >= 0.6 is 12.2 Å². The number of fused-ring (bicyclic) bond motifs is 1. The lowest BCUT2D eigenvalue weighted by atomic mass is 10.1. The molecule has 1 aromatic heterocycles. The fraction of sp³-hybridized carbons (Fsp3) is 0.500. The van der Waals surface area contributed by atoms with Gasteiger partial charge in [-0.05, 0) is 48.1 Å². The maximum Gasteiger partial charge on any atom is 0.253 e. The van der Waals surface area contributed by atoms with Crippen LogP contribution in [-0.4, -0.2) is 48.7 Å². The number of pyridine rings is 1. The summed E-state index contributed by atoms with van der Waals surface area (Å²) in [4.78, 5) is 19.0. The SMILES string of the molecule is Cc1ccc2cc(CN(CC[NH+](C)C)C(=S)NCC(C)C)c(=O)[nH]c2c1. The fourth-order valence-electron chi connectivity index (χ4n) is 2.70. The van der Waals surface area contributed by atoms with Crippen molar-refractivity contribution < 1.29 is 4.90 Å². The van der Waals surface area contributed by atoms with E-state index in [9.17, 15) is 4.79 Å². The van der Waals surface area contributed by atoms with Gasteiger partial charge in [-0.2, -0.15) is 0 Å². The van der Waals surface area contributed by atoms with Gasteiger partial charge >= 0.3 is 0 Å². The minimum atomic E-state index is -0.0445. The number of aryl methyl sites for hydroxylation is 1. The fourth-order valence-corrected chi connectivity index (χ4v) is 2.94. The lowest BCUT2D eigenvalue weighted by molar-refractivity contribution is -0.857. The van der Waals surface area contributed by atoms with Gasteiger partial charge in [-0.3, -0.25) is 4.79 Å². The van der Waals surface area contributed by atoms with Crippen molar-refractivity contribution in [3.8, 4) is 0 Å². The van der Waals surface area contributed by atoms with Gasteiger partial charge in [0, 0.05) is 17.6 Å². The number of thiocarbonyl (C=S) groups is 1. The molecule has 0 fully saturated rings. The van der Waals surface area contributed by atoms with Gasteiger partial charge in [0.25, 0.3) is 5.56 Å². The Morgan fingerprint density at radius 3 is 2.69 bits per heavy atom. The number of likely N-dealkylation sites (N-methyl/N-ethyl adjacent to an activating group) is 1. The molecule has 1 aromatic carbocycles. The van der Waals surface area contributed by atoms with Gasteiger partial charge in [-0.15, -0.1) is 0 Å². The lowest BCUT2D eigenvalue weighted by Crippen LogP contribution is -3.06. The predicted octanol–water partition coefficient (Wildman–Crippen LogP) is 1.31. The van der Waals surface area contributed by atoms with Gasteiger partial charge < -0.3 is 20.1 Å². The molecule has 0 atom stereocenters. The third-order valence-corrected chi connectivity index (χ3v) is 4.67. The average molecular weight is 376 g/mol. The Kier molecular flexibility index (Phi) is 7.17. The number of nitrogens with one attached hydrogen (secondary N) is 3. The Balaban J connectivity index is 2.24. The summed E-state index contributed by atoms with van der Waals surface area (Å²) in [5.74, 6) is 0.515. The molecule has 0 bridgehead atoms. The van der Waals surface area contributed by atoms with Gasteiger partial charge in [0.15, 0.2) is 5.11 Å². The molecule has 0 saturated heterocycles. The molecule has 0 spiro atoms. The van der Waals surface area contributed by atoms with E-state index in [1.54, 1.807) is 0 Å². The molecular weight excluding hydrogens is 344 g/mol. The third-order valence-electron chi connectivity index (χ3n) is 4.27. The maximum atomic E-state index is 12.6. The number of aromatic amines is 1. The van der Waals surface area contributed by atoms with Crippen molar-refractivity contribution in [3.05, 3.63) is 45.7 Å². The van der Waals surface area contributed by atoms with Gasteiger partial charge in [0.2, 0.25) is 0 Å². The number of rotatable bonds is 7. The topological polar surface area (TPSA) is 52.6 Å². The largest absolute Gasteiger partial charge is 0.362 e. The first-order chi connectivity index (χ1) is 12.3. The summed E-state index contributed by atoms with van der Waals surface area (Å²) < 4.78 is 0. The molecule has 0 unspecified atom stereocenters. The van der Waals surface area contributed by atoms with Gasteiger partial charge in [0.1, 0.15) is 0 Å². The molecule has 0 radical (unpaired) electrons. The van der Waals surface area contributed by atoms with Crippen LogP contribution in [0, 0.1) is 12.8 Å². The second-order valence-corrected chi connectivity index (χ2v) is 8.06.